The van der Waals surface area contributed by atoms with Crippen LogP contribution in [0.4, 0.5) is 0 Å². The predicted molar refractivity (Wildman–Crippen MR) is 89.6 cm³/mol. The molecule has 2 N–H and O–H groups in total. The summed E-state index contributed by atoms with van der Waals surface area (Å²) in [5.41, 5.74) is 0.377. The van der Waals surface area contributed by atoms with Crippen molar-refractivity contribution in [2.45, 2.75) is 39.2 Å². The van der Waals surface area contributed by atoms with Gasteiger partial charge < -0.3 is 15.0 Å². The van der Waals surface area contributed by atoms with E-state index in [0.29, 0.717) is 42.5 Å². The summed E-state index contributed by atoms with van der Waals surface area (Å²) in [5, 5.41) is 9.12. The van der Waals surface area contributed by atoms with Crippen LogP contribution >= 0.6 is 0 Å². The number of carbonyl (C=O) groups is 2. The number of nitrogens with zero attached hydrogens (tertiary/aromatic N) is 2. The lowest BCUT2D eigenvalue weighted by molar-refractivity contribution is -0.137. The number of H-pyrrole nitrogens is 1. The van der Waals surface area contributed by atoms with E-state index in [1.54, 1.807) is 23.1 Å². The minimum Gasteiger partial charge on any atom is -0.481 e. The van der Waals surface area contributed by atoms with Crippen LogP contribution in [0.3, 0.4) is 0 Å². The van der Waals surface area contributed by atoms with E-state index in [4.69, 9.17) is 5.11 Å². The first-order valence-electron chi connectivity index (χ1n) is 7.98. The van der Waals surface area contributed by atoms with Crippen molar-refractivity contribution in [2.75, 3.05) is 6.54 Å². The first kappa shape index (κ1) is 17.7. The lowest BCUT2D eigenvalue weighted by Crippen LogP contribution is -2.31. The third-order valence-electron chi connectivity index (χ3n) is 3.77. The highest BCUT2D eigenvalue weighted by molar-refractivity contribution is 5.78. The number of aliphatic carboxylic acids is 1. The second kappa shape index (κ2) is 8.24. The van der Waals surface area contributed by atoms with Crippen molar-refractivity contribution in [3.63, 3.8) is 0 Å². The highest BCUT2D eigenvalue weighted by Crippen LogP contribution is 2.09. The van der Waals surface area contributed by atoms with Crippen LogP contribution < -0.4 is 5.56 Å². The Labute approximate surface area is 139 Å². The Morgan fingerprint density at radius 2 is 1.92 bits per heavy atom. The van der Waals surface area contributed by atoms with Crippen LogP contribution in [0, 0.1) is 0 Å². The number of carboxylic acids is 1. The fraction of sp³-hybridized carbons (Fsp3) is 0.412. The lowest BCUT2D eigenvalue weighted by Gasteiger charge is -2.20. The molecular formula is C17H21N3O4. The number of hydrogen-bond acceptors (Lipinski definition) is 4. The topological polar surface area (TPSA) is 103 Å². The van der Waals surface area contributed by atoms with Crippen LogP contribution in [0.1, 0.15) is 38.4 Å². The van der Waals surface area contributed by atoms with Crippen molar-refractivity contribution in [2.24, 2.45) is 0 Å². The van der Waals surface area contributed by atoms with Crippen molar-refractivity contribution in [1.82, 2.24) is 14.9 Å². The average Bonchev–Trinajstić information content (AvgIpc) is 2.56. The zero-order chi connectivity index (χ0) is 17.5. The number of hydrogen-bond donors (Lipinski definition) is 2. The van der Waals surface area contributed by atoms with Crippen LogP contribution in [0.5, 0.6) is 0 Å². The van der Waals surface area contributed by atoms with E-state index >= 15 is 0 Å². The molecule has 1 amide bonds. The quantitative estimate of drug-likeness (QED) is 0.719. The molecular weight excluding hydrogens is 310 g/mol. The number of benzene rings is 1. The van der Waals surface area contributed by atoms with Gasteiger partial charge in [-0.05, 0) is 31.9 Å². The molecule has 0 aliphatic heterocycles. The summed E-state index contributed by atoms with van der Waals surface area (Å²) in [6, 6.07) is 7.05. The number of unbranched alkanes of at least 4 members (excludes halogenated alkanes) is 1. The molecule has 7 heteroatoms. The van der Waals surface area contributed by atoms with Gasteiger partial charge in [0.2, 0.25) is 5.91 Å². The lowest BCUT2D eigenvalue weighted by atomic mass is 10.2. The number of amides is 1. The molecule has 0 bridgehead atoms. The first-order valence-corrected chi connectivity index (χ1v) is 7.98. The van der Waals surface area contributed by atoms with E-state index in [0.717, 1.165) is 0 Å². The highest BCUT2D eigenvalue weighted by atomic mass is 16.4. The van der Waals surface area contributed by atoms with Crippen LogP contribution in [-0.2, 0) is 16.1 Å². The Kier molecular flexibility index (Phi) is 6.06. The largest absolute Gasteiger partial charge is 0.481 e. The Hall–Kier alpha value is -2.70. The zero-order valence-corrected chi connectivity index (χ0v) is 13.6. The van der Waals surface area contributed by atoms with E-state index < -0.39 is 5.97 Å². The Morgan fingerprint density at radius 1 is 1.21 bits per heavy atom. The number of nitrogens with one attached hydrogen (secondary N) is 1. The van der Waals surface area contributed by atoms with Crippen LogP contribution in [0.15, 0.2) is 29.1 Å². The fourth-order valence-corrected chi connectivity index (χ4v) is 2.48. The molecule has 1 heterocycles. The maximum absolute atomic E-state index is 12.2. The number of rotatable bonds is 8. The molecule has 7 nitrogen and oxygen atoms in total. The van der Waals surface area contributed by atoms with Gasteiger partial charge in [-0.25, -0.2) is 4.98 Å². The number of carbonyl (C=O) groups excluding carboxylic acids is 1. The molecule has 0 radical (unpaired) electrons. The smallest absolute Gasteiger partial charge is 0.303 e. The van der Waals surface area contributed by atoms with Gasteiger partial charge in [0.25, 0.3) is 5.56 Å². The second-order valence-corrected chi connectivity index (χ2v) is 5.54. The summed E-state index contributed by atoms with van der Waals surface area (Å²) in [7, 11) is 0. The van der Waals surface area contributed by atoms with E-state index in [9.17, 15) is 14.4 Å². The molecule has 1 aromatic carbocycles. The van der Waals surface area contributed by atoms with Crippen molar-refractivity contribution < 1.29 is 14.7 Å². The molecule has 2 rings (SSSR count). The van der Waals surface area contributed by atoms with Gasteiger partial charge in [0.15, 0.2) is 0 Å². The number of fused-ring (bicyclic) bond motifs is 1. The summed E-state index contributed by atoms with van der Waals surface area (Å²) in [5.74, 6) is -0.481. The van der Waals surface area contributed by atoms with Crippen molar-refractivity contribution >= 4 is 22.8 Å². The normalized spacial score (nSPS) is 10.7. The Bertz CT molecular complexity index is 785. The van der Waals surface area contributed by atoms with E-state index in [1.165, 1.54) is 0 Å². The minimum absolute atomic E-state index is 0.0684. The molecule has 0 spiro atoms. The number of aromatic amines is 1. The van der Waals surface area contributed by atoms with Crippen LogP contribution in [-0.4, -0.2) is 38.4 Å². The second-order valence-electron chi connectivity index (χ2n) is 5.54. The Balaban J connectivity index is 2.03. The van der Waals surface area contributed by atoms with Gasteiger partial charge in [0.05, 0.1) is 17.4 Å². The third kappa shape index (κ3) is 4.65. The number of aromatic nitrogens is 2. The molecule has 0 unspecified atom stereocenters. The van der Waals surface area contributed by atoms with Gasteiger partial charge in [0, 0.05) is 19.4 Å². The summed E-state index contributed by atoms with van der Waals surface area (Å²) in [4.78, 5) is 43.5. The zero-order valence-electron chi connectivity index (χ0n) is 13.6. The molecule has 0 aliphatic carbocycles. The molecule has 0 saturated heterocycles. The van der Waals surface area contributed by atoms with Crippen molar-refractivity contribution in [1.29, 1.82) is 0 Å². The highest BCUT2D eigenvalue weighted by Gasteiger charge is 2.14. The van der Waals surface area contributed by atoms with Crippen LogP contribution in [0.2, 0.25) is 0 Å². The van der Waals surface area contributed by atoms with Crippen molar-refractivity contribution in [3.05, 3.63) is 40.4 Å². The summed E-state index contributed by atoms with van der Waals surface area (Å²) in [6.45, 7) is 2.58. The molecule has 1 aromatic heterocycles. The fourth-order valence-electron chi connectivity index (χ4n) is 2.48. The molecule has 24 heavy (non-hydrogen) atoms. The van der Waals surface area contributed by atoms with Gasteiger partial charge in [-0.15, -0.1) is 0 Å². The monoisotopic (exact) mass is 331 g/mol. The molecule has 128 valence electrons. The van der Waals surface area contributed by atoms with Gasteiger partial charge in [-0.1, -0.05) is 12.1 Å². The van der Waals surface area contributed by atoms with Gasteiger partial charge in [0.1, 0.15) is 5.82 Å². The molecule has 2 aromatic rings. The number of para-hydroxylation sites is 1. The maximum Gasteiger partial charge on any atom is 0.303 e. The molecule has 0 saturated carbocycles. The van der Waals surface area contributed by atoms with E-state index in [2.05, 4.69) is 9.97 Å². The minimum atomic E-state index is -0.854. The van der Waals surface area contributed by atoms with Crippen molar-refractivity contribution in [3.8, 4) is 0 Å². The van der Waals surface area contributed by atoms with Gasteiger partial charge in [-0.2, -0.15) is 0 Å². The summed E-state index contributed by atoms with van der Waals surface area (Å²) >= 11 is 0. The number of carboxylic acid groups (broad SMARTS) is 1. The maximum atomic E-state index is 12.2. The van der Waals surface area contributed by atoms with Gasteiger partial charge in [-0.3, -0.25) is 14.4 Å². The summed E-state index contributed by atoms with van der Waals surface area (Å²) < 4.78 is 0. The predicted octanol–water partition coefficient (Wildman–Crippen LogP) is 1.92. The Morgan fingerprint density at radius 3 is 2.62 bits per heavy atom. The van der Waals surface area contributed by atoms with E-state index in [-0.39, 0.29) is 24.4 Å². The first-order chi connectivity index (χ1) is 11.5. The third-order valence-corrected chi connectivity index (χ3v) is 3.77. The molecule has 0 atom stereocenters. The average molecular weight is 331 g/mol. The summed E-state index contributed by atoms with van der Waals surface area (Å²) in [6.07, 6.45) is 1.37. The molecule has 0 aliphatic rings. The van der Waals surface area contributed by atoms with E-state index in [1.807, 2.05) is 13.0 Å². The molecule has 0 fully saturated rings. The van der Waals surface area contributed by atoms with Gasteiger partial charge >= 0.3 is 5.97 Å². The SMILES string of the molecule is CCN(Cc1nc2ccccc2c(=O)[nH]1)C(=O)CCCCC(=O)O. The standard InChI is InChI=1S/C17H21N3O4/c1-2-20(15(21)9-5-6-10-16(22)23)11-14-18-13-8-4-3-7-12(13)17(24)19-14/h3-4,7-8H,2,5-6,9-11H2,1H3,(H,22,23)(H,18,19,24). The van der Waals surface area contributed by atoms with Crippen LogP contribution in [0.25, 0.3) is 10.9 Å².